The van der Waals surface area contributed by atoms with Crippen molar-refractivity contribution in [3.63, 3.8) is 0 Å². The number of aromatic amines is 1. The summed E-state index contributed by atoms with van der Waals surface area (Å²) >= 11 is 2.17. The Hall–Kier alpha value is -3.18. The van der Waals surface area contributed by atoms with Crippen LogP contribution in [-0.2, 0) is 0 Å². The molecule has 0 unspecified atom stereocenters. The van der Waals surface area contributed by atoms with Crippen LogP contribution in [0.5, 0.6) is 11.5 Å². The average molecular weight is 540 g/mol. The number of anilines is 3. The van der Waals surface area contributed by atoms with Crippen molar-refractivity contribution in [2.45, 2.75) is 12.5 Å². The smallest absolute Gasteiger partial charge is 0.261 e. The molecule has 2 aromatic carbocycles. The molecule has 162 valence electrons. The highest BCUT2D eigenvalue weighted by molar-refractivity contribution is 14.1. The van der Waals surface area contributed by atoms with Gasteiger partial charge in [-0.15, -0.1) is 0 Å². The monoisotopic (exact) mass is 540 g/mol. The van der Waals surface area contributed by atoms with Crippen molar-refractivity contribution in [1.82, 2.24) is 15.0 Å². The van der Waals surface area contributed by atoms with Crippen molar-refractivity contribution in [3.05, 3.63) is 74.7 Å². The van der Waals surface area contributed by atoms with Gasteiger partial charge in [0.05, 0.1) is 9.09 Å². The highest BCUT2D eigenvalue weighted by Gasteiger charge is 2.24. The summed E-state index contributed by atoms with van der Waals surface area (Å²) in [7, 11) is 0. The van der Waals surface area contributed by atoms with Crippen LogP contribution in [0, 0.1) is 3.57 Å². The van der Waals surface area contributed by atoms with Crippen molar-refractivity contribution in [3.8, 4) is 11.5 Å². The van der Waals surface area contributed by atoms with Crippen LogP contribution in [0.1, 0.15) is 6.42 Å². The Morgan fingerprint density at radius 3 is 2.56 bits per heavy atom. The Morgan fingerprint density at radius 2 is 1.84 bits per heavy atom. The molecule has 4 N–H and O–H groups in total. The van der Waals surface area contributed by atoms with E-state index < -0.39 is 0 Å². The third-order valence-corrected chi connectivity index (χ3v) is 6.11. The summed E-state index contributed by atoms with van der Waals surface area (Å²) in [5.74, 6) is 2.51. The van der Waals surface area contributed by atoms with Gasteiger partial charge in [-0.25, -0.2) is 4.98 Å². The van der Waals surface area contributed by atoms with Crippen LogP contribution < -0.4 is 26.2 Å². The summed E-state index contributed by atoms with van der Waals surface area (Å²) in [6.45, 7) is 1.48. The molecule has 0 aliphatic carbocycles. The lowest BCUT2D eigenvalue weighted by Crippen LogP contribution is -2.28. The second-order valence-electron chi connectivity index (χ2n) is 7.62. The van der Waals surface area contributed by atoms with E-state index in [2.05, 4.69) is 42.8 Å². The van der Waals surface area contributed by atoms with Gasteiger partial charge in [0, 0.05) is 31.0 Å². The number of rotatable bonds is 5. The summed E-state index contributed by atoms with van der Waals surface area (Å²) in [6, 6.07) is 17.2. The van der Waals surface area contributed by atoms with Gasteiger partial charge < -0.3 is 25.7 Å². The van der Waals surface area contributed by atoms with Crippen LogP contribution in [0.3, 0.4) is 0 Å². The number of aromatic nitrogens is 3. The van der Waals surface area contributed by atoms with E-state index in [4.69, 9.17) is 15.5 Å². The molecule has 2 aromatic heterocycles. The van der Waals surface area contributed by atoms with Crippen molar-refractivity contribution in [2.24, 2.45) is 5.73 Å². The first-order valence-electron chi connectivity index (χ1n) is 10.3. The van der Waals surface area contributed by atoms with Crippen LogP contribution in [0.25, 0.3) is 10.9 Å². The first kappa shape index (κ1) is 20.7. The minimum atomic E-state index is -0.239. The molecule has 0 bridgehead atoms. The molecule has 1 aliphatic heterocycles. The number of halogens is 1. The standard InChI is InChI=1S/C23H21IN6O2/c24-18-12-26-22(31)19-20(18)28-23(30-11-10-14(25)13-30)29-21(19)27-15-6-8-17(9-7-15)32-16-4-2-1-3-5-16/h1-9,12,14H,10-11,13,25H2,(H,26,31)(H,27,28,29)/t14-/m1/s1. The molecule has 3 heterocycles. The lowest BCUT2D eigenvalue weighted by molar-refractivity contribution is 0.483. The van der Waals surface area contributed by atoms with Gasteiger partial charge in [-0.3, -0.25) is 4.79 Å². The summed E-state index contributed by atoms with van der Waals surface area (Å²) in [4.78, 5) is 26.9. The average Bonchev–Trinajstić information content (AvgIpc) is 3.24. The van der Waals surface area contributed by atoms with Gasteiger partial charge in [-0.2, -0.15) is 4.98 Å². The number of fused-ring (bicyclic) bond motifs is 1. The molecule has 0 saturated carbocycles. The fourth-order valence-corrected chi connectivity index (χ4v) is 4.22. The second-order valence-corrected chi connectivity index (χ2v) is 8.78. The molecular weight excluding hydrogens is 519 g/mol. The Kier molecular flexibility index (Phi) is 5.66. The Morgan fingerprint density at radius 1 is 1.09 bits per heavy atom. The number of pyridine rings is 1. The fourth-order valence-electron chi connectivity index (χ4n) is 3.67. The second kappa shape index (κ2) is 8.75. The first-order valence-corrected chi connectivity index (χ1v) is 11.3. The number of benzene rings is 2. The maximum Gasteiger partial charge on any atom is 0.261 e. The van der Waals surface area contributed by atoms with Crippen LogP contribution >= 0.6 is 22.6 Å². The van der Waals surface area contributed by atoms with E-state index in [0.717, 1.165) is 28.0 Å². The number of hydrogen-bond acceptors (Lipinski definition) is 7. The molecule has 0 amide bonds. The van der Waals surface area contributed by atoms with E-state index in [1.165, 1.54) is 0 Å². The molecule has 1 atom stereocenters. The molecule has 5 rings (SSSR count). The Labute approximate surface area is 198 Å². The minimum absolute atomic E-state index is 0.0983. The Balaban J connectivity index is 1.49. The van der Waals surface area contributed by atoms with Gasteiger partial charge in [0.15, 0.2) is 0 Å². The zero-order valence-corrected chi connectivity index (χ0v) is 19.2. The van der Waals surface area contributed by atoms with Crippen LogP contribution in [0.2, 0.25) is 0 Å². The highest BCUT2D eigenvalue weighted by atomic mass is 127. The minimum Gasteiger partial charge on any atom is -0.457 e. The van der Waals surface area contributed by atoms with Crippen LogP contribution in [-0.4, -0.2) is 34.1 Å². The molecule has 0 spiro atoms. The lowest BCUT2D eigenvalue weighted by Gasteiger charge is -2.18. The van der Waals surface area contributed by atoms with E-state index in [1.807, 2.05) is 54.6 Å². The van der Waals surface area contributed by atoms with Gasteiger partial charge in [0.1, 0.15) is 22.7 Å². The van der Waals surface area contributed by atoms with E-state index in [1.54, 1.807) is 6.20 Å². The predicted octanol–water partition coefficient (Wildman–Crippen LogP) is 4.00. The van der Waals surface area contributed by atoms with Crippen molar-refractivity contribution in [2.75, 3.05) is 23.3 Å². The molecule has 1 fully saturated rings. The molecule has 1 saturated heterocycles. The van der Waals surface area contributed by atoms with E-state index in [0.29, 0.717) is 35.0 Å². The number of H-pyrrole nitrogens is 1. The molecule has 32 heavy (non-hydrogen) atoms. The number of nitrogens with zero attached hydrogens (tertiary/aromatic N) is 3. The summed E-state index contributed by atoms with van der Waals surface area (Å²) in [5.41, 5.74) is 7.24. The molecule has 4 aromatic rings. The third-order valence-electron chi connectivity index (χ3n) is 5.28. The third kappa shape index (κ3) is 4.26. The lowest BCUT2D eigenvalue weighted by atomic mass is 10.2. The molecule has 8 nitrogen and oxygen atoms in total. The molecule has 9 heteroatoms. The van der Waals surface area contributed by atoms with E-state index >= 15 is 0 Å². The number of para-hydroxylation sites is 1. The molecular formula is C23H21IN6O2. The fraction of sp³-hybridized carbons (Fsp3) is 0.174. The predicted molar refractivity (Wildman–Crippen MR) is 134 cm³/mol. The first-order chi connectivity index (χ1) is 15.6. The van der Waals surface area contributed by atoms with Gasteiger partial charge in [0.25, 0.3) is 5.56 Å². The maximum absolute atomic E-state index is 12.7. The summed E-state index contributed by atoms with van der Waals surface area (Å²) in [6.07, 6.45) is 2.55. The SMILES string of the molecule is N[C@@H]1CCN(c2nc(Nc3ccc(Oc4ccccc4)cc3)c3c(=O)[nH]cc(I)c3n2)C1. The largest absolute Gasteiger partial charge is 0.457 e. The topological polar surface area (TPSA) is 109 Å². The number of nitrogens with two attached hydrogens (primary N) is 1. The van der Waals surface area contributed by atoms with Gasteiger partial charge in [-0.05, 0) is 65.4 Å². The Bertz CT molecular complexity index is 1310. The summed E-state index contributed by atoms with van der Waals surface area (Å²) < 4.78 is 6.70. The van der Waals surface area contributed by atoms with Crippen LogP contribution in [0.4, 0.5) is 17.5 Å². The van der Waals surface area contributed by atoms with E-state index in [-0.39, 0.29) is 11.6 Å². The van der Waals surface area contributed by atoms with Crippen molar-refractivity contribution in [1.29, 1.82) is 0 Å². The highest BCUT2D eigenvalue weighted by Crippen LogP contribution is 2.29. The van der Waals surface area contributed by atoms with E-state index in [9.17, 15) is 4.79 Å². The van der Waals surface area contributed by atoms with Gasteiger partial charge in [0.2, 0.25) is 5.95 Å². The normalized spacial score (nSPS) is 15.8. The molecule has 1 aliphatic rings. The van der Waals surface area contributed by atoms with Crippen molar-refractivity contribution >= 4 is 50.9 Å². The molecule has 0 radical (unpaired) electrons. The van der Waals surface area contributed by atoms with Gasteiger partial charge in [-0.1, -0.05) is 18.2 Å². The summed E-state index contributed by atoms with van der Waals surface area (Å²) in [5, 5.41) is 3.72. The van der Waals surface area contributed by atoms with Gasteiger partial charge >= 0.3 is 0 Å². The number of ether oxygens (including phenoxy) is 1. The van der Waals surface area contributed by atoms with Crippen LogP contribution in [0.15, 0.2) is 65.6 Å². The quantitative estimate of drug-likeness (QED) is 0.329. The van der Waals surface area contributed by atoms with Crippen molar-refractivity contribution < 1.29 is 4.74 Å². The number of hydrogen-bond donors (Lipinski definition) is 3. The zero-order valence-electron chi connectivity index (χ0n) is 17.1. The maximum atomic E-state index is 12.7. The number of nitrogens with one attached hydrogen (secondary N) is 2. The zero-order chi connectivity index (χ0) is 22.1.